The average molecular weight is 419 g/mol. The van der Waals surface area contributed by atoms with Crippen molar-refractivity contribution in [2.45, 2.75) is 13.0 Å². The Labute approximate surface area is 181 Å². The van der Waals surface area contributed by atoms with E-state index in [4.69, 9.17) is 9.47 Å². The molecule has 1 saturated heterocycles. The number of benzene rings is 1. The molecule has 0 N–H and O–H groups in total. The first-order valence-electron chi connectivity index (χ1n) is 10.3. The zero-order chi connectivity index (χ0) is 21.3. The molecule has 1 aromatic carbocycles. The number of piperazine rings is 1. The third-order valence-electron chi connectivity index (χ3n) is 5.07. The molecule has 0 radical (unpaired) electrons. The van der Waals surface area contributed by atoms with Crippen LogP contribution in [-0.4, -0.2) is 63.6 Å². The normalized spacial score (nSPS) is 14.3. The fraction of sp³-hybridized carbons (Fsp3) is 0.304. The van der Waals surface area contributed by atoms with Crippen molar-refractivity contribution in [2.75, 3.05) is 32.8 Å². The lowest BCUT2D eigenvalue weighted by Gasteiger charge is -2.33. The number of carbonyl (C=O) groups is 1. The Bertz CT molecular complexity index is 946. The molecule has 2 aromatic heterocycles. The molecule has 160 valence electrons. The van der Waals surface area contributed by atoms with Gasteiger partial charge < -0.3 is 14.4 Å². The van der Waals surface area contributed by atoms with Crippen molar-refractivity contribution < 1.29 is 14.3 Å². The first-order valence-corrected chi connectivity index (χ1v) is 10.3. The Morgan fingerprint density at radius 1 is 0.871 bits per heavy atom. The van der Waals surface area contributed by atoms with E-state index in [1.165, 1.54) is 0 Å². The predicted octanol–water partition coefficient (Wildman–Crippen LogP) is 2.81. The van der Waals surface area contributed by atoms with Crippen LogP contribution >= 0.6 is 0 Å². The molecule has 0 bridgehead atoms. The van der Waals surface area contributed by atoms with Crippen molar-refractivity contribution in [3.05, 3.63) is 78.6 Å². The molecule has 1 fully saturated rings. The molecule has 0 aliphatic carbocycles. The molecule has 1 amide bonds. The Morgan fingerprint density at radius 2 is 1.65 bits per heavy atom. The van der Waals surface area contributed by atoms with Crippen LogP contribution in [0.5, 0.6) is 11.5 Å². The number of hydrogen-bond acceptors (Lipinski definition) is 7. The minimum Gasteiger partial charge on any atom is -0.493 e. The van der Waals surface area contributed by atoms with Gasteiger partial charge in [-0.25, -0.2) is 4.79 Å². The molecule has 8 heteroatoms. The fourth-order valence-electron chi connectivity index (χ4n) is 3.34. The van der Waals surface area contributed by atoms with Crippen LogP contribution in [0.2, 0.25) is 0 Å². The van der Waals surface area contributed by atoms with E-state index in [0.717, 1.165) is 43.1 Å². The lowest BCUT2D eigenvalue weighted by atomic mass is 10.1. The lowest BCUT2D eigenvalue weighted by Crippen LogP contribution is -2.49. The molecule has 3 aromatic rings. The van der Waals surface area contributed by atoms with Gasteiger partial charge in [0.15, 0.2) is 0 Å². The summed E-state index contributed by atoms with van der Waals surface area (Å²) in [5.74, 6) is 1.35. The molecule has 0 atom stereocenters. The van der Waals surface area contributed by atoms with Gasteiger partial charge in [-0.2, -0.15) is 0 Å². The maximum absolute atomic E-state index is 12.5. The summed E-state index contributed by atoms with van der Waals surface area (Å²) in [6.45, 7) is 4.13. The zero-order valence-electron chi connectivity index (χ0n) is 17.3. The minimum atomic E-state index is -0.312. The van der Waals surface area contributed by atoms with Crippen molar-refractivity contribution in [1.82, 2.24) is 24.8 Å². The second-order valence-corrected chi connectivity index (χ2v) is 7.25. The largest absolute Gasteiger partial charge is 0.493 e. The smallest absolute Gasteiger partial charge is 0.415 e. The topological polar surface area (TPSA) is 80.7 Å². The summed E-state index contributed by atoms with van der Waals surface area (Å²) >= 11 is 0. The predicted molar refractivity (Wildman–Crippen MR) is 115 cm³/mol. The van der Waals surface area contributed by atoms with Crippen LogP contribution < -0.4 is 9.47 Å². The van der Waals surface area contributed by atoms with E-state index in [9.17, 15) is 4.79 Å². The summed E-state index contributed by atoms with van der Waals surface area (Å²) in [4.78, 5) is 28.8. The van der Waals surface area contributed by atoms with Gasteiger partial charge in [0, 0.05) is 70.1 Å². The van der Waals surface area contributed by atoms with Crippen LogP contribution in [0.25, 0.3) is 0 Å². The van der Waals surface area contributed by atoms with E-state index in [-0.39, 0.29) is 6.09 Å². The van der Waals surface area contributed by atoms with Gasteiger partial charge >= 0.3 is 6.09 Å². The summed E-state index contributed by atoms with van der Waals surface area (Å²) in [6.07, 6.45) is 9.00. The summed E-state index contributed by atoms with van der Waals surface area (Å²) < 4.78 is 11.2. The number of carbonyl (C=O) groups excluding carboxylic acids is 1. The SMILES string of the molecule is O=C(Oc1ccc(CCOc2ccncc2)cc1)N1CCN(Cc2cnccn2)CC1. The third-order valence-corrected chi connectivity index (χ3v) is 5.07. The second kappa shape index (κ2) is 10.5. The van der Waals surface area contributed by atoms with Gasteiger partial charge in [0.1, 0.15) is 11.5 Å². The molecular weight excluding hydrogens is 394 g/mol. The Hall–Kier alpha value is -3.52. The van der Waals surface area contributed by atoms with Gasteiger partial charge in [-0.1, -0.05) is 12.1 Å². The van der Waals surface area contributed by atoms with Crippen LogP contribution in [0, 0.1) is 0 Å². The molecule has 4 rings (SSSR count). The number of rotatable bonds is 7. The van der Waals surface area contributed by atoms with Gasteiger partial charge in [-0.05, 0) is 29.8 Å². The Kier molecular flexibility index (Phi) is 7.02. The third kappa shape index (κ3) is 6.23. The maximum Gasteiger partial charge on any atom is 0.415 e. The highest BCUT2D eigenvalue weighted by Gasteiger charge is 2.22. The van der Waals surface area contributed by atoms with Crippen molar-refractivity contribution in [3.8, 4) is 11.5 Å². The number of amides is 1. The molecular formula is C23H25N5O3. The van der Waals surface area contributed by atoms with E-state index in [1.54, 1.807) is 35.9 Å². The fourth-order valence-corrected chi connectivity index (χ4v) is 3.34. The average Bonchev–Trinajstić information content (AvgIpc) is 2.82. The van der Waals surface area contributed by atoms with Gasteiger partial charge in [0.2, 0.25) is 0 Å². The molecule has 0 saturated carbocycles. The highest BCUT2D eigenvalue weighted by Crippen LogP contribution is 2.16. The van der Waals surface area contributed by atoms with Crippen LogP contribution in [0.4, 0.5) is 4.79 Å². The van der Waals surface area contributed by atoms with Crippen molar-refractivity contribution in [3.63, 3.8) is 0 Å². The van der Waals surface area contributed by atoms with E-state index < -0.39 is 0 Å². The summed E-state index contributed by atoms with van der Waals surface area (Å²) in [7, 11) is 0. The van der Waals surface area contributed by atoms with Gasteiger partial charge in [0.05, 0.1) is 12.3 Å². The van der Waals surface area contributed by atoms with Gasteiger partial charge in [-0.15, -0.1) is 0 Å². The molecule has 1 aliphatic rings. The van der Waals surface area contributed by atoms with Crippen molar-refractivity contribution >= 4 is 6.09 Å². The van der Waals surface area contributed by atoms with Crippen molar-refractivity contribution in [1.29, 1.82) is 0 Å². The highest BCUT2D eigenvalue weighted by atomic mass is 16.6. The number of nitrogens with zero attached hydrogens (tertiary/aromatic N) is 5. The van der Waals surface area contributed by atoms with E-state index in [0.29, 0.717) is 25.4 Å². The zero-order valence-corrected chi connectivity index (χ0v) is 17.3. The molecule has 0 unspecified atom stereocenters. The van der Waals surface area contributed by atoms with Crippen LogP contribution in [0.3, 0.4) is 0 Å². The molecule has 31 heavy (non-hydrogen) atoms. The van der Waals surface area contributed by atoms with Crippen LogP contribution in [-0.2, 0) is 13.0 Å². The minimum absolute atomic E-state index is 0.312. The van der Waals surface area contributed by atoms with E-state index in [1.807, 2.05) is 36.4 Å². The van der Waals surface area contributed by atoms with Crippen molar-refractivity contribution in [2.24, 2.45) is 0 Å². The standard InChI is InChI=1S/C23H25N5O3/c29-23(28-14-12-27(13-15-28)18-20-17-25-10-11-26-20)31-22-3-1-19(2-4-22)7-16-30-21-5-8-24-9-6-21/h1-6,8-11,17H,7,12-16,18H2. The van der Waals surface area contributed by atoms with Gasteiger partial charge in [-0.3, -0.25) is 19.9 Å². The van der Waals surface area contributed by atoms with E-state index in [2.05, 4.69) is 19.9 Å². The first-order chi connectivity index (χ1) is 15.3. The van der Waals surface area contributed by atoms with Crippen LogP contribution in [0.1, 0.15) is 11.3 Å². The Morgan fingerprint density at radius 3 is 2.35 bits per heavy atom. The molecule has 0 spiro atoms. The number of aromatic nitrogens is 3. The summed E-state index contributed by atoms with van der Waals surface area (Å²) in [5, 5.41) is 0. The second-order valence-electron chi connectivity index (χ2n) is 7.25. The number of pyridine rings is 1. The quantitative estimate of drug-likeness (QED) is 0.582. The molecule has 1 aliphatic heterocycles. The summed E-state index contributed by atoms with van der Waals surface area (Å²) in [5.41, 5.74) is 2.05. The highest BCUT2D eigenvalue weighted by molar-refractivity contribution is 5.70. The van der Waals surface area contributed by atoms with E-state index >= 15 is 0 Å². The number of ether oxygens (including phenoxy) is 2. The Balaban J connectivity index is 1.19. The van der Waals surface area contributed by atoms with Crippen LogP contribution in [0.15, 0.2) is 67.4 Å². The molecule has 3 heterocycles. The number of hydrogen-bond donors (Lipinski definition) is 0. The summed E-state index contributed by atoms with van der Waals surface area (Å²) in [6, 6.07) is 11.2. The first kappa shape index (κ1) is 20.7. The van der Waals surface area contributed by atoms with Gasteiger partial charge in [0.25, 0.3) is 0 Å². The lowest BCUT2D eigenvalue weighted by molar-refractivity contribution is 0.107. The maximum atomic E-state index is 12.5. The molecule has 8 nitrogen and oxygen atoms in total. The monoisotopic (exact) mass is 419 g/mol.